The fourth-order valence-electron chi connectivity index (χ4n) is 2.43. The van der Waals surface area contributed by atoms with Gasteiger partial charge < -0.3 is 14.5 Å². The molecule has 1 aromatic rings. The summed E-state index contributed by atoms with van der Waals surface area (Å²) in [6, 6.07) is 2.91. The number of nitrogens with zero attached hydrogens (tertiary/aromatic N) is 1. The van der Waals surface area contributed by atoms with Gasteiger partial charge in [0.2, 0.25) is 0 Å². The van der Waals surface area contributed by atoms with Crippen molar-refractivity contribution in [2.24, 2.45) is 0 Å². The Kier molecular flexibility index (Phi) is 5.47. The van der Waals surface area contributed by atoms with Gasteiger partial charge in [-0.25, -0.2) is 0 Å². The van der Waals surface area contributed by atoms with E-state index < -0.39 is 0 Å². The van der Waals surface area contributed by atoms with Crippen LogP contribution in [0.5, 0.6) is 0 Å². The van der Waals surface area contributed by atoms with E-state index in [2.05, 4.69) is 44.0 Å². The molecule has 0 amide bonds. The first-order valence-corrected chi connectivity index (χ1v) is 7.95. The molecule has 0 aromatic carbocycles. The van der Waals surface area contributed by atoms with Gasteiger partial charge in [0.1, 0.15) is 11.5 Å². The minimum Gasteiger partial charge on any atom is -0.463 e. The van der Waals surface area contributed by atoms with Crippen molar-refractivity contribution in [3.05, 3.63) is 23.2 Å². The Morgan fingerprint density at radius 3 is 2.67 bits per heavy atom. The molecule has 1 N–H and O–H groups in total. The Hall–Kier alpha value is -0.840. The van der Waals surface area contributed by atoms with Crippen LogP contribution in [0.4, 0.5) is 0 Å². The summed E-state index contributed by atoms with van der Waals surface area (Å²) in [6.45, 7) is 12.1. The van der Waals surface area contributed by atoms with Gasteiger partial charge in [0, 0.05) is 25.2 Å². The summed E-state index contributed by atoms with van der Waals surface area (Å²) in [5.74, 6) is 2.13. The predicted octanol–water partition coefficient (Wildman–Crippen LogP) is 3.09. The van der Waals surface area contributed by atoms with Crippen molar-refractivity contribution in [2.45, 2.75) is 65.2 Å². The topological polar surface area (TPSA) is 37.6 Å². The van der Waals surface area contributed by atoms with Crippen LogP contribution in [-0.4, -0.2) is 36.7 Å². The maximum atomic E-state index is 6.05. The summed E-state index contributed by atoms with van der Waals surface area (Å²) >= 11 is 0. The highest BCUT2D eigenvalue weighted by Crippen LogP contribution is 2.29. The zero-order valence-electron chi connectivity index (χ0n) is 14.2. The number of aryl methyl sites for hydroxylation is 1. The largest absolute Gasteiger partial charge is 0.463 e. The second kappa shape index (κ2) is 6.95. The molecular weight excluding hydrogens is 264 g/mol. The van der Waals surface area contributed by atoms with E-state index >= 15 is 0 Å². The third-order valence-electron chi connectivity index (χ3n) is 3.86. The highest BCUT2D eigenvalue weighted by molar-refractivity contribution is 5.20. The highest BCUT2D eigenvalue weighted by Gasteiger charge is 2.29. The van der Waals surface area contributed by atoms with Crippen LogP contribution in [0.3, 0.4) is 0 Å². The Morgan fingerprint density at radius 1 is 1.38 bits per heavy atom. The van der Waals surface area contributed by atoms with Crippen LogP contribution < -0.4 is 5.32 Å². The number of furan rings is 1. The Morgan fingerprint density at radius 2 is 2.10 bits per heavy atom. The van der Waals surface area contributed by atoms with Gasteiger partial charge in [-0.05, 0) is 52.2 Å². The van der Waals surface area contributed by atoms with E-state index in [-0.39, 0.29) is 5.54 Å². The molecule has 1 heterocycles. The first-order chi connectivity index (χ1) is 9.89. The molecule has 4 heteroatoms. The molecule has 0 unspecified atom stereocenters. The van der Waals surface area contributed by atoms with E-state index in [0.29, 0.717) is 0 Å². The number of ether oxygens (including phenoxy) is 1. The van der Waals surface area contributed by atoms with Gasteiger partial charge in [0.25, 0.3) is 0 Å². The molecule has 0 atom stereocenters. The normalized spacial score (nSPS) is 15.9. The molecule has 1 aliphatic rings. The molecule has 4 nitrogen and oxygen atoms in total. The Bertz CT molecular complexity index is 444. The molecule has 21 heavy (non-hydrogen) atoms. The summed E-state index contributed by atoms with van der Waals surface area (Å²) in [6.07, 6.45) is 2.61. The van der Waals surface area contributed by atoms with Crippen LogP contribution in [0.1, 0.15) is 50.7 Å². The minimum atomic E-state index is 0.109. The van der Waals surface area contributed by atoms with Crippen molar-refractivity contribution in [2.75, 3.05) is 20.3 Å². The summed E-state index contributed by atoms with van der Waals surface area (Å²) < 4.78 is 11.3. The lowest BCUT2D eigenvalue weighted by atomic mass is 10.1. The molecular formula is C17H30N2O2. The second-order valence-electron chi connectivity index (χ2n) is 7.12. The fraction of sp³-hybridized carbons (Fsp3) is 0.765. The van der Waals surface area contributed by atoms with Crippen LogP contribution >= 0.6 is 0 Å². The number of hydrogen-bond donors (Lipinski definition) is 1. The van der Waals surface area contributed by atoms with Gasteiger partial charge in [0.15, 0.2) is 0 Å². The fourth-order valence-corrected chi connectivity index (χ4v) is 2.43. The van der Waals surface area contributed by atoms with Gasteiger partial charge in [0.05, 0.1) is 19.7 Å². The average Bonchev–Trinajstić information content (AvgIpc) is 3.16. The molecule has 1 fully saturated rings. The van der Waals surface area contributed by atoms with Crippen molar-refractivity contribution in [1.29, 1.82) is 0 Å². The van der Waals surface area contributed by atoms with Crippen LogP contribution in [-0.2, 0) is 17.8 Å². The lowest BCUT2D eigenvalue weighted by molar-refractivity contribution is 0.134. The average molecular weight is 294 g/mol. The number of rotatable bonds is 8. The van der Waals surface area contributed by atoms with Crippen LogP contribution in [0, 0.1) is 6.92 Å². The molecule has 0 radical (unpaired) electrons. The van der Waals surface area contributed by atoms with Crippen LogP contribution in [0.25, 0.3) is 0 Å². The van der Waals surface area contributed by atoms with Crippen LogP contribution in [0.15, 0.2) is 10.5 Å². The number of methoxy groups -OCH3 is 1. The van der Waals surface area contributed by atoms with E-state index in [0.717, 1.165) is 43.8 Å². The maximum absolute atomic E-state index is 6.05. The zero-order valence-corrected chi connectivity index (χ0v) is 14.2. The van der Waals surface area contributed by atoms with Gasteiger partial charge in [-0.15, -0.1) is 0 Å². The zero-order chi connectivity index (χ0) is 15.5. The van der Waals surface area contributed by atoms with Crippen molar-refractivity contribution in [3.63, 3.8) is 0 Å². The molecule has 0 bridgehead atoms. The van der Waals surface area contributed by atoms with Crippen molar-refractivity contribution >= 4 is 0 Å². The third kappa shape index (κ3) is 5.46. The summed E-state index contributed by atoms with van der Waals surface area (Å²) in [5, 5.41) is 3.49. The Labute approximate surface area is 128 Å². The summed E-state index contributed by atoms with van der Waals surface area (Å²) in [5.41, 5.74) is 1.35. The summed E-state index contributed by atoms with van der Waals surface area (Å²) in [4.78, 5) is 2.47. The van der Waals surface area contributed by atoms with E-state index in [1.165, 1.54) is 18.4 Å². The minimum absolute atomic E-state index is 0.109. The lowest BCUT2D eigenvalue weighted by Gasteiger charge is -2.20. The molecule has 1 saturated carbocycles. The van der Waals surface area contributed by atoms with Crippen molar-refractivity contribution in [3.8, 4) is 0 Å². The maximum Gasteiger partial charge on any atom is 0.120 e. The standard InChI is InChI=1S/C17H30N2O2/c1-13-10-15(21-16(13)11-18-17(2,3)4)12-19(8-9-20-5)14-6-7-14/h10,14,18H,6-9,11-12H2,1-5H3. The summed E-state index contributed by atoms with van der Waals surface area (Å²) in [7, 11) is 1.76. The SMILES string of the molecule is COCCN(Cc1cc(C)c(CNC(C)(C)C)o1)C1CC1. The molecule has 0 spiro atoms. The molecule has 120 valence electrons. The molecule has 1 aromatic heterocycles. The van der Waals surface area contributed by atoms with Gasteiger partial charge in [-0.2, -0.15) is 0 Å². The lowest BCUT2D eigenvalue weighted by Crippen LogP contribution is -2.35. The van der Waals surface area contributed by atoms with E-state index in [1.54, 1.807) is 7.11 Å². The second-order valence-corrected chi connectivity index (χ2v) is 7.12. The van der Waals surface area contributed by atoms with E-state index in [9.17, 15) is 0 Å². The monoisotopic (exact) mass is 294 g/mol. The third-order valence-corrected chi connectivity index (χ3v) is 3.86. The predicted molar refractivity (Wildman–Crippen MR) is 85.3 cm³/mol. The van der Waals surface area contributed by atoms with Gasteiger partial charge in [-0.1, -0.05) is 0 Å². The Balaban J connectivity index is 1.93. The van der Waals surface area contributed by atoms with Gasteiger partial charge in [-0.3, -0.25) is 4.90 Å². The number of hydrogen-bond acceptors (Lipinski definition) is 4. The molecule has 0 saturated heterocycles. The number of nitrogens with one attached hydrogen (secondary N) is 1. The molecule has 1 aliphatic carbocycles. The first-order valence-electron chi connectivity index (χ1n) is 7.95. The van der Waals surface area contributed by atoms with Crippen molar-refractivity contribution < 1.29 is 9.15 Å². The van der Waals surface area contributed by atoms with Crippen molar-refractivity contribution in [1.82, 2.24) is 10.2 Å². The highest BCUT2D eigenvalue weighted by atomic mass is 16.5. The molecule has 2 rings (SSSR count). The first kappa shape index (κ1) is 16.5. The van der Waals surface area contributed by atoms with E-state index in [4.69, 9.17) is 9.15 Å². The smallest absolute Gasteiger partial charge is 0.120 e. The van der Waals surface area contributed by atoms with Crippen LogP contribution in [0.2, 0.25) is 0 Å². The van der Waals surface area contributed by atoms with E-state index in [1.807, 2.05) is 0 Å². The quantitative estimate of drug-likeness (QED) is 0.799. The molecule has 0 aliphatic heterocycles. The van der Waals surface area contributed by atoms with Gasteiger partial charge >= 0.3 is 0 Å².